The highest BCUT2D eigenvalue weighted by atomic mass is 16.3. The zero-order valence-electron chi connectivity index (χ0n) is 24.3. The second-order valence-electron chi connectivity index (χ2n) is 10.1. The number of amides is 5. The minimum Gasteiger partial charge on any atom is -0.508 e. The third-order valence-electron chi connectivity index (χ3n) is 6.63. The van der Waals surface area contributed by atoms with E-state index in [1.807, 2.05) is 0 Å². The Morgan fingerprint density at radius 2 is 1.70 bits per heavy atom. The van der Waals surface area contributed by atoms with Crippen molar-refractivity contribution in [1.82, 2.24) is 31.9 Å². The van der Waals surface area contributed by atoms with E-state index in [0.717, 1.165) is 5.56 Å². The Balaban J connectivity index is 1.82. The van der Waals surface area contributed by atoms with Gasteiger partial charge in [-0.1, -0.05) is 42.5 Å². The Bertz CT molecular complexity index is 1340. The van der Waals surface area contributed by atoms with Gasteiger partial charge in [0, 0.05) is 19.5 Å². The van der Waals surface area contributed by atoms with Crippen LogP contribution in [0.1, 0.15) is 18.1 Å². The van der Waals surface area contributed by atoms with E-state index < -0.39 is 60.2 Å². The number of rotatable bonds is 8. The number of hydrogen-bond donors (Lipinski definition) is 9. The number of nitrogens with one attached hydrogen (secondary N) is 6. The fourth-order valence-corrected chi connectivity index (χ4v) is 4.26. The highest BCUT2D eigenvalue weighted by Crippen LogP contribution is 2.11. The Hall–Kier alpha value is -5.18. The number of carbonyl (C=O) groups excluding carboxylic acids is 5. The van der Waals surface area contributed by atoms with Gasteiger partial charge in [0.05, 0.1) is 19.1 Å². The molecule has 0 radical (unpaired) electrons. The molecule has 0 spiro atoms. The first-order valence-electron chi connectivity index (χ1n) is 14.1. The number of hydrogen-bond acceptors (Lipinski definition) is 10. The molecule has 11 N–H and O–H groups in total. The smallest absolute Gasteiger partial charge is 0.244 e. The van der Waals surface area contributed by atoms with E-state index in [1.165, 1.54) is 12.1 Å². The molecule has 5 amide bonds. The molecule has 0 saturated heterocycles. The van der Waals surface area contributed by atoms with Crippen molar-refractivity contribution in [3.8, 4) is 5.75 Å². The molecular formula is C29H39N9O6. The van der Waals surface area contributed by atoms with Crippen LogP contribution in [0.25, 0.3) is 0 Å². The molecule has 3 rings (SSSR count). The summed E-state index contributed by atoms with van der Waals surface area (Å²) in [4.78, 5) is 68.7. The number of guanidine groups is 1. The maximum absolute atomic E-state index is 13.2. The number of phenols is 1. The van der Waals surface area contributed by atoms with Crippen molar-refractivity contribution in [2.45, 2.75) is 43.9 Å². The van der Waals surface area contributed by atoms with Crippen molar-refractivity contribution >= 4 is 35.5 Å². The number of carbonyl (C=O) groups is 5. The molecule has 0 saturated carbocycles. The first-order valence-corrected chi connectivity index (χ1v) is 14.1. The molecule has 15 heteroatoms. The first kappa shape index (κ1) is 33.3. The van der Waals surface area contributed by atoms with Gasteiger partial charge in [0.15, 0.2) is 5.96 Å². The fraction of sp³-hybridized carbons (Fsp3) is 0.379. The molecular weight excluding hydrogens is 570 g/mol. The Morgan fingerprint density at radius 1 is 1.00 bits per heavy atom. The van der Waals surface area contributed by atoms with Crippen molar-refractivity contribution in [2.24, 2.45) is 16.5 Å². The molecule has 1 aliphatic heterocycles. The highest BCUT2D eigenvalue weighted by Gasteiger charge is 2.28. The SMILES string of the molecule is CCNC1=NC[C@@H](C(N)=O)NC(=O)[C@H](Cc2ccccc2)NC(=O)CNC(=O)[C@H](NC(=O)[C@@H](N)Cc2ccc(O)cc2)CN1. The van der Waals surface area contributed by atoms with E-state index in [4.69, 9.17) is 11.5 Å². The summed E-state index contributed by atoms with van der Waals surface area (Å²) >= 11 is 0. The van der Waals surface area contributed by atoms with E-state index in [-0.39, 0.29) is 37.6 Å². The molecule has 4 atom stereocenters. The molecule has 44 heavy (non-hydrogen) atoms. The lowest BCUT2D eigenvalue weighted by molar-refractivity contribution is -0.132. The normalized spacial score (nSPS) is 20.6. The second-order valence-corrected chi connectivity index (χ2v) is 10.1. The summed E-state index contributed by atoms with van der Waals surface area (Å²) in [7, 11) is 0. The van der Waals surface area contributed by atoms with E-state index >= 15 is 0 Å². The lowest BCUT2D eigenvalue weighted by Crippen LogP contribution is -2.58. The van der Waals surface area contributed by atoms with Gasteiger partial charge in [-0.2, -0.15) is 0 Å². The molecule has 0 aliphatic carbocycles. The maximum atomic E-state index is 13.2. The lowest BCUT2D eigenvalue weighted by Gasteiger charge is -2.22. The van der Waals surface area contributed by atoms with Gasteiger partial charge in [-0.05, 0) is 36.6 Å². The van der Waals surface area contributed by atoms with Gasteiger partial charge >= 0.3 is 0 Å². The van der Waals surface area contributed by atoms with Crippen LogP contribution in [0.3, 0.4) is 0 Å². The van der Waals surface area contributed by atoms with E-state index in [0.29, 0.717) is 12.1 Å². The van der Waals surface area contributed by atoms with Crippen molar-refractivity contribution < 1.29 is 29.1 Å². The summed E-state index contributed by atoms with van der Waals surface area (Å²) < 4.78 is 0. The van der Waals surface area contributed by atoms with Gasteiger partial charge in [0.2, 0.25) is 29.5 Å². The van der Waals surface area contributed by atoms with Crippen molar-refractivity contribution in [1.29, 1.82) is 0 Å². The van der Waals surface area contributed by atoms with E-state index in [1.54, 1.807) is 49.4 Å². The van der Waals surface area contributed by atoms with Gasteiger partial charge in [-0.15, -0.1) is 0 Å². The Labute approximate surface area is 254 Å². The van der Waals surface area contributed by atoms with E-state index in [2.05, 4.69) is 36.9 Å². The van der Waals surface area contributed by atoms with Crippen molar-refractivity contribution in [3.63, 3.8) is 0 Å². The quantitative estimate of drug-likeness (QED) is 0.149. The third-order valence-corrected chi connectivity index (χ3v) is 6.63. The Kier molecular flexibility index (Phi) is 12.5. The van der Waals surface area contributed by atoms with Crippen LogP contribution < -0.4 is 43.4 Å². The minimum absolute atomic E-state index is 0.0702. The van der Waals surface area contributed by atoms with Crippen LogP contribution in [0, 0.1) is 0 Å². The monoisotopic (exact) mass is 609 g/mol. The van der Waals surface area contributed by atoms with Gasteiger partial charge in [-0.3, -0.25) is 29.0 Å². The summed E-state index contributed by atoms with van der Waals surface area (Å²) in [6.07, 6.45) is 0.238. The van der Waals surface area contributed by atoms with Gasteiger partial charge in [0.1, 0.15) is 23.9 Å². The number of nitrogens with zero attached hydrogens (tertiary/aromatic N) is 1. The van der Waals surface area contributed by atoms with Crippen LogP contribution >= 0.6 is 0 Å². The summed E-state index contributed by atoms with van der Waals surface area (Å²) in [6.45, 7) is 1.30. The summed E-state index contributed by atoms with van der Waals surface area (Å²) in [5.41, 5.74) is 13.1. The molecule has 1 aliphatic rings. The number of benzene rings is 2. The first-order chi connectivity index (χ1) is 21.0. The second kappa shape index (κ2) is 16.5. The largest absolute Gasteiger partial charge is 0.508 e. The zero-order valence-corrected chi connectivity index (χ0v) is 24.3. The molecule has 0 unspecified atom stereocenters. The predicted molar refractivity (Wildman–Crippen MR) is 162 cm³/mol. The van der Waals surface area contributed by atoms with Crippen LogP contribution in [-0.4, -0.2) is 90.9 Å². The zero-order chi connectivity index (χ0) is 32.1. The van der Waals surface area contributed by atoms with Crippen LogP contribution in [-0.2, 0) is 36.8 Å². The van der Waals surface area contributed by atoms with Gasteiger partial charge < -0.3 is 48.5 Å². The van der Waals surface area contributed by atoms with Crippen LogP contribution in [0.2, 0.25) is 0 Å². The van der Waals surface area contributed by atoms with Crippen LogP contribution in [0.5, 0.6) is 5.75 Å². The number of aliphatic imine (C=N–C) groups is 1. The van der Waals surface area contributed by atoms with Gasteiger partial charge in [-0.25, -0.2) is 0 Å². The molecule has 236 valence electrons. The average molecular weight is 610 g/mol. The van der Waals surface area contributed by atoms with Crippen molar-refractivity contribution in [3.05, 3.63) is 65.7 Å². The summed E-state index contributed by atoms with van der Waals surface area (Å²) in [6, 6.07) is 10.6. The molecule has 1 heterocycles. The molecule has 2 aromatic carbocycles. The lowest BCUT2D eigenvalue weighted by atomic mass is 10.0. The number of aromatic hydroxyl groups is 1. The molecule has 0 bridgehead atoms. The van der Waals surface area contributed by atoms with Crippen molar-refractivity contribution in [2.75, 3.05) is 26.2 Å². The molecule has 15 nitrogen and oxygen atoms in total. The van der Waals surface area contributed by atoms with Crippen LogP contribution in [0.15, 0.2) is 59.6 Å². The average Bonchev–Trinajstić information content (AvgIpc) is 3.00. The topological polar surface area (TPSA) is 242 Å². The number of nitrogens with two attached hydrogens (primary N) is 2. The standard InChI is InChI=1S/C29H39N9O6/c1-2-32-29-34-14-22(25(31)41)37-28(44)21(13-17-6-4-3-5-7-17)36-24(40)16-33-27(43)23(15-35-29)38-26(42)20(30)12-18-8-10-19(39)11-9-18/h3-11,20-23,39H,2,12-16,30H2,1H3,(H2,31,41)(H,33,43)(H,36,40)(H,37,44)(H,38,42)(H2,32,34,35)/t20-,21-,22-,23+/m0/s1. The molecule has 0 fully saturated rings. The van der Waals surface area contributed by atoms with E-state index in [9.17, 15) is 29.1 Å². The number of phenolic OH excluding ortho intramolecular Hbond substituents is 1. The highest BCUT2D eigenvalue weighted by molar-refractivity contribution is 5.95. The number of primary amides is 1. The Morgan fingerprint density at radius 3 is 2.36 bits per heavy atom. The summed E-state index contributed by atoms with van der Waals surface area (Å²) in [5, 5.41) is 25.6. The summed E-state index contributed by atoms with van der Waals surface area (Å²) in [5.74, 6) is -3.24. The predicted octanol–water partition coefficient (Wildman–Crippen LogP) is -2.87. The maximum Gasteiger partial charge on any atom is 0.244 e. The molecule has 2 aromatic rings. The third kappa shape index (κ3) is 10.6. The van der Waals surface area contributed by atoms with Gasteiger partial charge in [0.25, 0.3) is 0 Å². The minimum atomic E-state index is -1.20. The van der Waals surface area contributed by atoms with Crippen LogP contribution in [0.4, 0.5) is 0 Å². The molecule has 0 aromatic heterocycles. The fourth-order valence-electron chi connectivity index (χ4n) is 4.26.